The van der Waals surface area contributed by atoms with Crippen LogP contribution in [0.5, 0.6) is 0 Å². The maximum atomic E-state index is 12.2. The van der Waals surface area contributed by atoms with Crippen LogP contribution in [0.2, 0.25) is 5.02 Å². The normalized spacial score (nSPS) is 17.8. The molecule has 0 unspecified atom stereocenters. The molecule has 1 aliphatic heterocycles. The van der Waals surface area contributed by atoms with Crippen LogP contribution in [0.25, 0.3) is 0 Å². The first-order chi connectivity index (χ1) is 8.16. The van der Waals surface area contributed by atoms with Gasteiger partial charge >= 0.3 is 0 Å². The third-order valence-corrected chi connectivity index (χ3v) is 2.98. The fourth-order valence-corrected chi connectivity index (χ4v) is 2.10. The van der Waals surface area contributed by atoms with Gasteiger partial charge in [0.05, 0.1) is 12.7 Å². The first kappa shape index (κ1) is 12.4. The van der Waals surface area contributed by atoms with Crippen molar-refractivity contribution in [3.05, 3.63) is 17.5 Å². The molecule has 0 atom stereocenters. The smallest absolute Gasteiger partial charge is 0.251 e. The molecule has 1 aromatic rings. The van der Waals surface area contributed by atoms with E-state index in [4.69, 9.17) is 11.6 Å². The predicted octanol–water partition coefficient (Wildman–Crippen LogP) is 1.52. The number of alkyl halides is 2. The van der Waals surface area contributed by atoms with Crippen molar-refractivity contribution in [1.29, 1.82) is 0 Å². The molecule has 0 radical (unpaired) electrons. The first-order valence-electron chi connectivity index (χ1n) is 5.38. The molecule has 1 aliphatic rings. The number of halogens is 3. The van der Waals surface area contributed by atoms with E-state index >= 15 is 0 Å². The molecule has 1 fully saturated rings. The minimum absolute atomic E-state index is 0.161. The van der Waals surface area contributed by atoms with Gasteiger partial charge in [-0.3, -0.25) is 4.90 Å². The number of aromatic nitrogens is 2. The summed E-state index contributed by atoms with van der Waals surface area (Å²) in [5, 5.41) is 0.495. The second-order valence-electron chi connectivity index (χ2n) is 3.87. The molecule has 0 spiro atoms. The molecule has 0 aromatic carbocycles. The summed E-state index contributed by atoms with van der Waals surface area (Å²) in [6.07, 6.45) is 0.700. The molecule has 0 N–H and O–H groups in total. The molecule has 0 bridgehead atoms. The Hall–Kier alpha value is -1.01. The maximum Gasteiger partial charge on any atom is 0.251 e. The van der Waals surface area contributed by atoms with Crippen LogP contribution in [0, 0.1) is 0 Å². The molecule has 0 saturated carbocycles. The summed E-state index contributed by atoms with van der Waals surface area (Å²) in [5.41, 5.74) is 0. The zero-order valence-corrected chi connectivity index (χ0v) is 9.95. The van der Waals surface area contributed by atoms with Gasteiger partial charge in [0.15, 0.2) is 5.82 Å². The van der Waals surface area contributed by atoms with E-state index in [1.807, 2.05) is 4.90 Å². The van der Waals surface area contributed by atoms with Gasteiger partial charge in [0.1, 0.15) is 11.3 Å². The second kappa shape index (κ2) is 5.55. The third-order valence-electron chi connectivity index (χ3n) is 2.72. The highest BCUT2D eigenvalue weighted by molar-refractivity contribution is 6.32. The average Bonchev–Trinajstić information content (AvgIpc) is 2.30. The second-order valence-corrected chi connectivity index (χ2v) is 4.28. The van der Waals surface area contributed by atoms with Gasteiger partial charge < -0.3 is 4.90 Å². The Morgan fingerprint density at radius 2 is 2.00 bits per heavy atom. The lowest BCUT2D eigenvalue weighted by Gasteiger charge is -2.35. The van der Waals surface area contributed by atoms with Crippen molar-refractivity contribution in [1.82, 2.24) is 14.9 Å². The fourth-order valence-electron chi connectivity index (χ4n) is 1.88. The highest BCUT2D eigenvalue weighted by Crippen LogP contribution is 2.22. The van der Waals surface area contributed by atoms with E-state index in [1.165, 1.54) is 12.5 Å². The van der Waals surface area contributed by atoms with E-state index in [2.05, 4.69) is 9.97 Å². The summed E-state index contributed by atoms with van der Waals surface area (Å²) in [7, 11) is 0. The number of hydrogen-bond acceptors (Lipinski definition) is 4. The molecule has 4 nitrogen and oxygen atoms in total. The number of rotatable bonds is 3. The van der Waals surface area contributed by atoms with Crippen molar-refractivity contribution in [2.24, 2.45) is 0 Å². The van der Waals surface area contributed by atoms with Gasteiger partial charge in [0.25, 0.3) is 6.43 Å². The minimum Gasteiger partial charge on any atom is -0.353 e. The Balaban J connectivity index is 1.93. The van der Waals surface area contributed by atoms with Crippen LogP contribution >= 0.6 is 11.6 Å². The van der Waals surface area contributed by atoms with Gasteiger partial charge in [-0.05, 0) is 0 Å². The standard InChI is InChI=1S/C10H13ClF2N4/c11-8-5-14-7-15-10(8)17-3-1-16(2-4-17)6-9(12)13/h5,7,9H,1-4,6H2. The van der Waals surface area contributed by atoms with Crippen LogP contribution in [0.1, 0.15) is 0 Å². The molecule has 17 heavy (non-hydrogen) atoms. The van der Waals surface area contributed by atoms with E-state index < -0.39 is 6.43 Å². The highest BCUT2D eigenvalue weighted by atomic mass is 35.5. The number of piperazine rings is 1. The van der Waals surface area contributed by atoms with Gasteiger partial charge in [0.2, 0.25) is 0 Å². The fraction of sp³-hybridized carbons (Fsp3) is 0.600. The van der Waals surface area contributed by atoms with E-state index in [-0.39, 0.29) is 6.54 Å². The van der Waals surface area contributed by atoms with Crippen molar-refractivity contribution in [3.8, 4) is 0 Å². The van der Waals surface area contributed by atoms with E-state index in [9.17, 15) is 8.78 Å². The maximum absolute atomic E-state index is 12.2. The van der Waals surface area contributed by atoms with Gasteiger partial charge in [-0.25, -0.2) is 18.7 Å². The first-order valence-corrected chi connectivity index (χ1v) is 5.75. The predicted molar refractivity (Wildman–Crippen MR) is 61.7 cm³/mol. The van der Waals surface area contributed by atoms with Gasteiger partial charge in [-0.1, -0.05) is 11.6 Å². The van der Waals surface area contributed by atoms with Crippen LogP contribution in [0.3, 0.4) is 0 Å². The monoisotopic (exact) mass is 262 g/mol. The number of hydrogen-bond donors (Lipinski definition) is 0. The summed E-state index contributed by atoms with van der Waals surface area (Å²) >= 11 is 5.98. The lowest BCUT2D eigenvalue weighted by molar-refractivity contribution is 0.0854. The summed E-state index contributed by atoms with van der Waals surface area (Å²) in [4.78, 5) is 11.7. The molecule has 0 amide bonds. The average molecular weight is 263 g/mol. The summed E-state index contributed by atoms with van der Waals surface area (Å²) in [6.45, 7) is 2.35. The van der Waals surface area contributed by atoms with Crippen LogP contribution in [-0.4, -0.2) is 54.0 Å². The Morgan fingerprint density at radius 1 is 1.29 bits per heavy atom. The van der Waals surface area contributed by atoms with Crippen LogP contribution < -0.4 is 4.90 Å². The summed E-state index contributed by atoms with van der Waals surface area (Å²) in [5.74, 6) is 0.679. The van der Waals surface area contributed by atoms with Crippen molar-refractivity contribution < 1.29 is 8.78 Å². The van der Waals surface area contributed by atoms with E-state index in [0.717, 1.165) is 0 Å². The van der Waals surface area contributed by atoms with Crippen molar-refractivity contribution >= 4 is 17.4 Å². The van der Waals surface area contributed by atoms with Crippen molar-refractivity contribution in [3.63, 3.8) is 0 Å². The zero-order chi connectivity index (χ0) is 12.3. The lowest BCUT2D eigenvalue weighted by Crippen LogP contribution is -2.48. The molecule has 7 heteroatoms. The molecule has 94 valence electrons. The Morgan fingerprint density at radius 3 is 2.59 bits per heavy atom. The summed E-state index contributed by atoms with van der Waals surface area (Å²) in [6, 6.07) is 0. The van der Waals surface area contributed by atoms with E-state index in [0.29, 0.717) is 37.0 Å². The summed E-state index contributed by atoms with van der Waals surface area (Å²) < 4.78 is 24.4. The Kier molecular flexibility index (Phi) is 4.06. The quantitative estimate of drug-likeness (QED) is 0.827. The largest absolute Gasteiger partial charge is 0.353 e. The molecular formula is C10H13ClF2N4. The van der Waals surface area contributed by atoms with E-state index in [1.54, 1.807) is 4.90 Å². The molecular weight excluding hydrogens is 250 g/mol. The molecule has 0 aliphatic carbocycles. The van der Waals surface area contributed by atoms with Gasteiger partial charge in [0, 0.05) is 26.2 Å². The van der Waals surface area contributed by atoms with Gasteiger partial charge in [-0.15, -0.1) is 0 Å². The molecule has 1 aromatic heterocycles. The number of anilines is 1. The van der Waals surface area contributed by atoms with Crippen LogP contribution in [0.4, 0.5) is 14.6 Å². The molecule has 2 heterocycles. The Bertz CT molecular complexity index is 369. The Labute approximate surface area is 103 Å². The molecule has 2 rings (SSSR count). The van der Waals surface area contributed by atoms with Crippen LogP contribution in [-0.2, 0) is 0 Å². The lowest BCUT2D eigenvalue weighted by atomic mass is 10.3. The number of nitrogens with zero attached hydrogens (tertiary/aromatic N) is 4. The highest BCUT2D eigenvalue weighted by Gasteiger charge is 2.21. The molecule has 1 saturated heterocycles. The topological polar surface area (TPSA) is 32.3 Å². The minimum atomic E-state index is -2.27. The SMILES string of the molecule is FC(F)CN1CCN(c2ncncc2Cl)CC1. The van der Waals surface area contributed by atoms with Gasteiger partial charge in [-0.2, -0.15) is 0 Å². The zero-order valence-electron chi connectivity index (χ0n) is 9.19. The van der Waals surface area contributed by atoms with Crippen molar-refractivity contribution in [2.45, 2.75) is 6.43 Å². The van der Waals surface area contributed by atoms with Crippen molar-refractivity contribution in [2.75, 3.05) is 37.6 Å². The third kappa shape index (κ3) is 3.23. The van der Waals surface area contributed by atoms with Crippen LogP contribution in [0.15, 0.2) is 12.5 Å².